The van der Waals surface area contributed by atoms with Gasteiger partial charge in [-0.1, -0.05) is 243 Å². The number of cyclic esters (lactones) is 1. The van der Waals surface area contributed by atoms with Crippen LogP contribution in [0.1, 0.15) is 143 Å². The van der Waals surface area contributed by atoms with E-state index in [-0.39, 0.29) is 57.5 Å². The number of benzene rings is 7. The number of hydrogen-bond donors (Lipinski definition) is 7. The summed E-state index contributed by atoms with van der Waals surface area (Å²) in [6.07, 6.45) is -2.16. The highest BCUT2D eigenvalue weighted by Gasteiger charge is 2.50. The Labute approximate surface area is 625 Å². The highest BCUT2D eigenvalue weighted by molar-refractivity contribution is 6.99. The Hall–Kier alpha value is -10.3. The first-order chi connectivity index (χ1) is 50.4. The highest BCUT2D eigenvalue weighted by Crippen LogP contribution is 2.39. The molecule has 0 unspecified atom stereocenters. The summed E-state index contributed by atoms with van der Waals surface area (Å²) in [5.41, 5.74) is 1.76. The lowest BCUT2D eigenvalue weighted by atomic mass is 9.77. The van der Waals surface area contributed by atoms with E-state index in [9.17, 15) is 14.4 Å². The van der Waals surface area contributed by atoms with Crippen molar-refractivity contribution in [2.45, 2.75) is 193 Å². The van der Waals surface area contributed by atoms with Gasteiger partial charge >= 0.3 is 5.97 Å². The Bertz CT molecular complexity index is 3930. The summed E-state index contributed by atoms with van der Waals surface area (Å²) < 4.78 is 19.6. The second kappa shape index (κ2) is 37.1. The minimum absolute atomic E-state index is 0.00707. The lowest BCUT2D eigenvalue weighted by Gasteiger charge is -2.43. The first-order valence-electron chi connectivity index (χ1n) is 36.7. The second-order valence-corrected chi connectivity index (χ2v) is 34.5. The molecule has 8 amide bonds. The van der Waals surface area contributed by atoms with Crippen molar-refractivity contribution in [3.8, 4) is 5.75 Å². The van der Waals surface area contributed by atoms with Crippen LogP contribution >= 0.6 is 0 Å². The van der Waals surface area contributed by atoms with Gasteiger partial charge in [0.15, 0.2) is 0 Å². The van der Waals surface area contributed by atoms with E-state index in [1.165, 1.54) is 25.8 Å². The predicted octanol–water partition coefficient (Wildman–Crippen LogP) is 9.30. The third kappa shape index (κ3) is 21.5. The van der Waals surface area contributed by atoms with Gasteiger partial charge in [-0.05, 0) is 121 Å². The molecule has 8 atom stereocenters. The van der Waals surface area contributed by atoms with E-state index >= 15 is 28.8 Å². The number of nitrogens with zero attached hydrogens (tertiary/aromatic N) is 1. The maximum atomic E-state index is 15.6. The fourth-order valence-corrected chi connectivity index (χ4v) is 18.3. The van der Waals surface area contributed by atoms with Crippen LogP contribution in [0.25, 0.3) is 0 Å². The van der Waals surface area contributed by atoms with Gasteiger partial charge in [0.2, 0.25) is 47.3 Å². The molecule has 1 saturated heterocycles. The lowest BCUT2D eigenvalue weighted by molar-refractivity contribution is -0.157. The van der Waals surface area contributed by atoms with Gasteiger partial charge in [-0.2, -0.15) is 0 Å². The number of carbonyl (C=O) groups excluding carboxylic acids is 9. The summed E-state index contributed by atoms with van der Waals surface area (Å²) >= 11 is 0. The molecule has 1 aliphatic rings. The molecular formula is C85H106N8O12Si. The van der Waals surface area contributed by atoms with E-state index < -0.39 is 132 Å². The molecular weight excluding hydrogens is 1350 g/mol. The zero-order valence-corrected chi connectivity index (χ0v) is 64.4. The molecule has 106 heavy (non-hydrogen) atoms. The van der Waals surface area contributed by atoms with Gasteiger partial charge in [-0.15, -0.1) is 0 Å². The number of carbonyl (C=O) groups is 9. The van der Waals surface area contributed by atoms with Gasteiger partial charge in [-0.25, -0.2) is 4.79 Å². The number of ether oxygens (including phenoxy) is 2. The smallest absolute Gasteiger partial charge is 0.329 e. The molecule has 7 N–H and O–H groups in total. The van der Waals surface area contributed by atoms with Crippen molar-refractivity contribution in [3.63, 3.8) is 0 Å². The van der Waals surface area contributed by atoms with Crippen LogP contribution in [-0.4, -0.2) is 134 Å². The number of nitrogens with one attached hydrogen (secondary N) is 7. The molecule has 20 nitrogen and oxygen atoms in total. The van der Waals surface area contributed by atoms with Crippen molar-refractivity contribution in [1.82, 2.24) is 42.1 Å². The van der Waals surface area contributed by atoms with Crippen molar-refractivity contribution < 1.29 is 57.1 Å². The zero-order valence-electron chi connectivity index (χ0n) is 63.4. The molecule has 0 aromatic heterocycles. The van der Waals surface area contributed by atoms with E-state index in [0.717, 1.165) is 27.1 Å². The minimum atomic E-state index is -3.14. The molecule has 0 spiro atoms. The van der Waals surface area contributed by atoms with Gasteiger partial charge in [0, 0.05) is 39.8 Å². The van der Waals surface area contributed by atoms with Crippen LogP contribution in [0.3, 0.4) is 0 Å². The summed E-state index contributed by atoms with van der Waals surface area (Å²) in [5.74, 6) is -7.48. The fraction of sp³-hybridized carbons (Fsp3) is 0.400. The molecule has 1 aliphatic heterocycles. The molecule has 7 aromatic carbocycles. The molecule has 0 bridgehead atoms. The number of hydrogen-bond acceptors (Lipinski definition) is 12. The molecule has 1 heterocycles. The first kappa shape index (κ1) is 81.4. The molecule has 0 saturated carbocycles. The number of rotatable bonds is 25. The standard InChI is InChI=1S/C85H106N8O12Si/c1-56(2)53-70-78(98)87-68(45-32-52-103-106(84(10,11)12,66-41-28-18-29-42-66)67-43-30-19-31-44-67)76(96)89-71(54-60-33-20-14-21-34-60)81(101)93(13)72(55-61-46-48-65(49-47-61)105-83(7,8)9)79(99)90-74(57(3)4)82(102)104-58(5)75(80(100)88-70)91-77(97)69(86-59(6)94)50-51-73(95)92-85(62-35-22-15-23-36-62,63-37-24-16-25-38-63)64-39-26-17-27-40-64/h14-31,33-44,46-49,56-58,68-72,74-75H,32,45,50-55H2,1-13H3,(H,86,94)(H,87,98)(H,88,100)(H,89,96)(H,90,99)(H,91,97)(H,92,95)/t58-,68+,69+,70+,71+,72+,74+,75+/m1/s1. The maximum absolute atomic E-state index is 15.6. The zero-order chi connectivity index (χ0) is 76.9. The van der Waals surface area contributed by atoms with Crippen LogP contribution in [0, 0.1) is 11.8 Å². The second-order valence-electron chi connectivity index (χ2n) is 30.2. The molecule has 0 radical (unpaired) electrons. The first-order valence-corrected chi connectivity index (χ1v) is 38.6. The van der Waals surface area contributed by atoms with Crippen LogP contribution in [-0.2, 0) is 70.7 Å². The lowest BCUT2D eigenvalue weighted by Crippen LogP contribution is -2.66. The molecule has 562 valence electrons. The van der Waals surface area contributed by atoms with E-state index in [1.807, 2.05) is 180 Å². The van der Waals surface area contributed by atoms with Crippen molar-refractivity contribution in [2.24, 2.45) is 11.8 Å². The van der Waals surface area contributed by atoms with Crippen molar-refractivity contribution in [3.05, 3.63) is 234 Å². The van der Waals surface area contributed by atoms with Gasteiger partial charge < -0.3 is 56.0 Å². The third-order valence-corrected chi connectivity index (χ3v) is 24.1. The Balaban J connectivity index is 1.19. The van der Waals surface area contributed by atoms with Crippen LogP contribution in [0.2, 0.25) is 5.04 Å². The van der Waals surface area contributed by atoms with E-state index in [0.29, 0.717) is 16.9 Å². The van der Waals surface area contributed by atoms with Gasteiger partial charge in [0.1, 0.15) is 65.3 Å². The van der Waals surface area contributed by atoms with E-state index in [1.54, 1.807) is 50.2 Å². The summed E-state index contributed by atoms with van der Waals surface area (Å²) in [7, 11) is -1.68. The predicted molar refractivity (Wildman–Crippen MR) is 414 cm³/mol. The number of amides is 8. The topological polar surface area (TPSA) is 269 Å². The monoisotopic (exact) mass is 1460 g/mol. The van der Waals surface area contributed by atoms with Crippen LogP contribution in [0.4, 0.5) is 0 Å². The number of likely N-dealkylation sites (N-methyl/N-ethyl adjacent to an activating group) is 1. The fourth-order valence-electron chi connectivity index (χ4n) is 13.7. The van der Waals surface area contributed by atoms with Crippen molar-refractivity contribution >= 4 is 71.9 Å². The quantitative estimate of drug-likeness (QED) is 0.0122. The van der Waals surface area contributed by atoms with Crippen LogP contribution in [0.5, 0.6) is 5.75 Å². The van der Waals surface area contributed by atoms with Crippen LogP contribution in [0.15, 0.2) is 206 Å². The summed E-state index contributed by atoms with van der Waals surface area (Å²) in [4.78, 5) is 137. The Morgan fingerprint density at radius 1 is 0.575 bits per heavy atom. The molecule has 8 rings (SSSR count). The summed E-state index contributed by atoms with van der Waals surface area (Å²) in [5, 5.41) is 22.0. The number of esters is 1. The summed E-state index contributed by atoms with van der Waals surface area (Å²) in [6.45, 7) is 21.9. The SMILES string of the molecule is CC(=O)N[C@@H](CCC(=O)NC(c1ccccc1)(c1ccccc1)c1ccccc1)C(=O)N[C@@H]1C(=O)N[C@@H](CC(C)C)C(=O)N[C@@H](CCCO[Si](c2ccccc2)(c2ccccc2)C(C)(C)C)C(=O)N[C@@H](Cc2ccccc2)C(=O)N(C)[C@@H](Cc2ccc(OC(C)(C)C)cc2)C(=O)N[C@@H](C(C)C)C(=O)O[C@@H]1C. The molecule has 21 heteroatoms. The van der Waals surface area contributed by atoms with Crippen LogP contribution < -0.4 is 52.3 Å². The Morgan fingerprint density at radius 3 is 1.53 bits per heavy atom. The van der Waals surface area contributed by atoms with Gasteiger partial charge in [0.05, 0.1) is 0 Å². The van der Waals surface area contributed by atoms with Crippen molar-refractivity contribution in [1.29, 1.82) is 0 Å². The van der Waals surface area contributed by atoms with E-state index in [2.05, 4.69) is 82.3 Å². The summed E-state index contributed by atoms with van der Waals surface area (Å²) in [6, 6.07) is 54.3. The van der Waals surface area contributed by atoms with Gasteiger partial charge in [0.25, 0.3) is 8.32 Å². The average molecular weight is 1460 g/mol. The molecule has 0 aliphatic carbocycles. The van der Waals surface area contributed by atoms with E-state index in [4.69, 9.17) is 13.9 Å². The normalized spacial score (nSPS) is 19.4. The molecule has 1 fully saturated rings. The Morgan fingerprint density at radius 2 is 1.05 bits per heavy atom. The molecule has 7 aromatic rings. The van der Waals surface area contributed by atoms with Gasteiger partial charge in [-0.3, -0.25) is 38.4 Å². The Kier molecular flexibility index (Phi) is 28.5. The van der Waals surface area contributed by atoms with Crippen molar-refractivity contribution in [2.75, 3.05) is 13.7 Å². The highest BCUT2D eigenvalue weighted by atomic mass is 28.4. The minimum Gasteiger partial charge on any atom is -0.488 e. The average Bonchev–Trinajstić information content (AvgIpc) is 0.754. The maximum Gasteiger partial charge on any atom is 0.329 e. The third-order valence-electron chi connectivity index (χ3n) is 19.0. The largest absolute Gasteiger partial charge is 0.488 e.